The molecule has 0 heterocycles. The van der Waals surface area contributed by atoms with Crippen molar-refractivity contribution in [2.45, 2.75) is 18.2 Å². The van der Waals surface area contributed by atoms with Crippen molar-refractivity contribution < 1.29 is 24.1 Å². The van der Waals surface area contributed by atoms with Gasteiger partial charge in [-0.15, -0.1) is 0 Å². The van der Waals surface area contributed by atoms with Gasteiger partial charge >= 0.3 is 0 Å². The van der Waals surface area contributed by atoms with Crippen molar-refractivity contribution in [1.29, 1.82) is 0 Å². The lowest BCUT2D eigenvalue weighted by molar-refractivity contribution is -0.109. The van der Waals surface area contributed by atoms with Crippen LogP contribution in [0.2, 0.25) is 0 Å². The summed E-state index contributed by atoms with van der Waals surface area (Å²) in [4.78, 5) is 0. The summed E-state index contributed by atoms with van der Waals surface area (Å²) >= 11 is 0. The molecule has 0 spiro atoms. The van der Waals surface area contributed by atoms with Crippen LogP contribution < -0.4 is 0 Å². The maximum Gasteiger partial charge on any atom is 0.183 e. The molecular weight excluding hydrogens is 452 g/mol. The number of rotatable bonds is 10. The molecule has 4 aromatic rings. The van der Waals surface area contributed by atoms with Gasteiger partial charge in [0, 0.05) is 56.3 Å². The molecule has 0 amide bonds. The van der Waals surface area contributed by atoms with Gasteiger partial charge in [0.1, 0.15) is 5.60 Å². The van der Waals surface area contributed by atoms with E-state index < -0.39 is 18.2 Å². The molecule has 0 saturated carbocycles. The summed E-state index contributed by atoms with van der Waals surface area (Å²) < 4.78 is 22.6. The van der Waals surface area contributed by atoms with Gasteiger partial charge in [0.05, 0.1) is 0 Å². The summed E-state index contributed by atoms with van der Waals surface area (Å²) in [6.45, 7) is 0. The van der Waals surface area contributed by atoms with E-state index in [0.717, 1.165) is 11.1 Å². The lowest BCUT2D eigenvalue weighted by Gasteiger charge is -2.36. The smallest absolute Gasteiger partial charge is 0.183 e. The largest absolute Gasteiger partial charge is 0.376 e. The van der Waals surface area contributed by atoms with Crippen LogP contribution in [-0.2, 0) is 24.5 Å². The Labute approximate surface area is 212 Å². The number of ether oxygens (including phenoxy) is 4. The van der Waals surface area contributed by atoms with Gasteiger partial charge in [-0.1, -0.05) is 103 Å². The van der Waals surface area contributed by atoms with E-state index in [-0.39, 0.29) is 0 Å². The second-order valence-corrected chi connectivity index (χ2v) is 8.40. The van der Waals surface area contributed by atoms with Crippen LogP contribution >= 0.6 is 0 Å². The molecule has 0 atom stereocenters. The third-order valence-electron chi connectivity index (χ3n) is 6.47. The molecular formula is C31H32O5. The van der Waals surface area contributed by atoms with Crippen molar-refractivity contribution in [2.24, 2.45) is 0 Å². The summed E-state index contributed by atoms with van der Waals surface area (Å²) in [5, 5.41) is 13.1. The van der Waals surface area contributed by atoms with Crippen LogP contribution in [0.25, 0.3) is 11.1 Å². The van der Waals surface area contributed by atoms with Crippen molar-refractivity contribution in [3.63, 3.8) is 0 Å². The Morgan fingerprint density at radius 2 is 0.889 bits per heavy atom. The van der Waals surface area contributed by atoms with Gasteiger partial charge in [0.2, 0.25) is 0 Å². The van der Waals surface area contributed by atoms with Gasteiger partial charge in [-0.25, -0.2) is 0 Å². The fourth-order valence-corrected chi connectivity index (χ4v) is 4.87. The number of hydrogen-bond acceptors (Lipinski definition) is 5. The SMILES string of the molecule is COC(OC)c1ccccc1C(O)(c1ccccc1-c1ccccc1)c1ccccc1C(OC)OC. The topological polar surface area (TPSA) is 57.2 Å². The first-order valence-corrected chi connectivity index (χ1v) is 11.8. The zero-order valence-corrected chi connectivity index (χ0v) is 21.0. The number of hydrogen-bond donors (Lipinski definition) is 1. The minimum atomic E-state index is -1.61. The minimum absolute atomic E-state index is 0.639. The predicted octanol–water partition coefficient (Wildman–Crippen LogP) is 6.22. The molecule has 0 aliphatic heterocycles. The van der Waals surface area contributed by atoms with Crippen molar-refractivity contribution in [1.82, 2.24) is 0 Å². The molecule has 36 heavy (non-hydrogen) atoms. The van der Waals surface area contributed by atoms with Gasteiger partial charge in [-0.3, -0.25) is 0 Å². The van der Waals surface area contributed by atoms with E-state index in [0.29, 0.717) is 27.8 Å². The summed E-state index contributed by atoms with van der Waals surface area (Å²) in [5.41, 5.74) is 3.72. The standard InChI is InChI=1S/C31H32O5/c1-33-29(34-2)24-17-9-12-20-27(24)31(32,28-21-13-10-18-25(28)30(35-3)36-4)26-19-11-8-16-23(26)22-14-6-5-7-15-22/h5-21,29-30,32H,1-4H3. The highest BCUT2D eigenvalue weighted by Crippen LogP contribution is 2.46. The first-order chi connectivity index (χ1) is 17.6. The average Bonchev–Trinajstić information content (AvgIpc) is 2.95. The van der Waals surface area contributed by atoms with Crippen LogP contribution in [0.15, 0.2) is 103 Å². The van der Waals surface area contributed by atoms with Crippen LogP contribution in [-0.4, -0.2) is 33.5 Å². The number of aliphatic hydroxyl groups is 1. The van der Waals surface area contributed by atoms with Crippen LogP contribution in [0, 0.1) is 0 Å². The summed E-state index contributed by atoms with van der Waals surface area (Å²) in [6, 6.07) is 33.2. The van der Waals surface area contributed by atoms with Crippen LogP contribution in [0.5, 0.6) is 0 Å². The first-order valence-electron chi connectivity index (χ1n) is 11.8. The van der Waals surface area contributed by atoms with E-state index in [9.17, 15) is 5.11 Å². The molecule has 0 bridgehead atoms. The van der Waals surface area contributed by atoms with E-state index >= 15 is 0 Å². The van der Waals surface area contributed by atoms with E-state index in [1.165, 1.54) is 0 Å². The lowest BCUT2D eigenvalue weighted by Crippen LogP contribution is -2.33. The van der Waals surface area contributed by atoms with E-state index in [2.05, 4.69) is 0 Å². The Balaban J connectivity index is 2.12. The fourth-order valence-electron chi connectivity index (χ4n) is 4.87. The van der Waals surface area contributed by atoms with Gasteiger partial charge in [0.25, 0.3) is 0 Å². The number of benzene rings is 4. The molecule has 0 unspecified atom stereocenters. The van der Waals surface area contributed by atoms with E-state index in [1.807, 2.05) is 103 Å². The molecule has 0 radical (unpaired) electrons. The van der Waals surface area contributed by atoms with Crippen LogP contribution in [0.4, 0.5) is 0 Å². The van der Waals surface area contributed by atoms with Crippen molar-refractivity contribution in [2.75, 3.05) is 28.4 Å². The molecule has 1 N–H and O–H groups in total. The molecule has 4 aromatic carbocycles. The van der Waals surface area contributed by atoms with Crippen molar-refractivity contribution in [3.05, 3.63) is 131 Å². The first kappa shape index (κ1) is 25.8. The summed E-state index contributed by atoms with van der Waals surface area (Å²) in [7, 11) is 6.34. The van der Waals surface area contributed by atoms with Gasteiger partial charge in [-0.05, 0) is 11.1 Å². The molecule has 0 aromatic heterocycles. The van der Waals surface area contributed by atoms with Gasteiger partial charge in [-0.2, -0.15) is 0 Å². The Kier molecular flexibility index (Phi) is 8.31. The number of methoxy groups -OCH3 is 4. The Bertz CT molecular complexity index is 1210. The van der Waals surface area contributed by atoms with Crippen LogP contribution in [0.1, 0.15) is 40.4 Å². The average molecular weight is 485 g/mol. The van der Waals surface area contributed by atoms with Gasteiger partial charge in [0.15, 0.2) is 12.6 Å². The second-order valence-electron chi connectivity index (χ2n) is 8.40. The van der Waals surface area contributed by atoms with Crippen molar-refractivity contribution in [3.8, 4) is 11.1 Å². The third kappa shape index (κ3) is 4.72. The Morgan fingerprint density at radius 1 is 0.500 bits per heavy atom. The zero-order chi connectivity index (χ0) is 25.5. The maximum atomic E-state index is 13.1. The maximum absolute atomic E-state index is 13.1. The highest BCUT2D eigenvalue weighted by atomic mass is 16.7. The molecule has 186 valence electrons. The zero-order valence-electron chi connectivity index (χ0n) is 21.0. The van der Waals surface area contributed by atoms with Gasteiger partial charge < -0.3 is 24.1 Å². The molecule has 4 rings (SSSR count). The minimum Gasteiger partial charge on any atom is -0.376 e. The molecule has 0 saturated heterocycles. The second kappa shape index (κ2) is 11.6. The highest BCUT2D eigenvalue weighted by molar-refractivity contribution is 5.72. The van der Waals surface area contributed by atoms with Crippen LogP contribution in [0.3, 0.4) is 0 Å². The predicted molar refractivity (Wildman–Crippen MR) is 140 cm³/mol. The summed E-state index contributed by atoms with van der Waals surface area (Å²) in [5.74, 6) is 0. The molecule has 5 nitrogen and oxygen atoms in total. The monoisotopic (exact) mass is 484 g/mol. The van der Waals surface area contributed by atoms with Crippen molar-refractivity contribution >= 4 is 0 Å². The third-order valence-corrected chi connectivity index (χ3v) is 6.47. The normalized spacial score (nSPS) is 11.9. The molecule has 0 aliphatic rings. The molecule has 5 heteroatoms. The highest BCUT2D eigenvalue weighted by Gasteiger charge is 2.41. The fraction of sp³-hybridized carbons (Fsp3) is 0.226. The molecule has 0 aliphatic carbocycles. The Hall–Kier alpha value is -3.32. The summed E-state index contributed by atoms with van der Waals surface area (Å²) in [6.07, 6.45) is -1.35. The van der Waals surface area contributed by atoms with E-state index in [4.69, 9.17) is 18.9 Å². The molecule has 0 fully saturated rings. The van der Waals surface area contributed by atoms with E-state index in [1.54, 1.807) is 28.4 Å². The Morgan fingerprint density at radius 3 is 1.36 bits per heavy atom. The quantitative estimate of drug-likeness (QED) is 0.214. The lowest BCUT2D eigenvalue weighted by atomic mass is 9.74.